The number of benzene rings is 2. The normalized spacial score (nSPS) is 15.4. The number of ether oxygens (including phenoxy) is 1. The number of rotatable bonds is 4. The molecular weight excluding hydrogens is 374 g/mol. The molecule has 0 radical (unpaired) electrons. The van der Waals surface area contributed by atoms with Crippen LogP contribution < -0.4 is 15.4 Å². The van der Waals surface area contributed by atoms with Crippen LogP contribution in [0, 0.1) is 5.92 Å². The molecule has 140 valence electrons. The Morgan fingerprint density at radius 1 is 1.18 bits per heavy atom. The van der Waals surface area contributed by atoms with E-state index in [1.54, 1.807) is 0 Å². The monoisotopic (exact) mass is 391 g/mol. The number of aromatic nitrogens is 1. The smallest absolute Gasteiger partial charge is 0.262 e. The fourth-order valence-corrected chi connectivity index (χ4v) is 3.93. The molecule has 3 aromatic rings. The summed E-state index contributed by atoms with van der Waals surface area (Å²) in [6.45, 7) is 0.0425. The molecule has 2 heterocycles. The Balaban J connectivity index is 1.40. The van der Waals surface area contributed by atoms with Crippen LogP contribution in [0.1, 0.15) is 12.8 Å². The van der Waals surface area contributed by atoms with Gasteiger partial charge in [0.25, 0.3) is 5.91 Å². The second kappa shape index (κ2) is 6.76. The molecule has 1 aliphatic heterocycles. The number of nitrogens with one attached hydrogen (secondary N) is 2. The van der Waals surface area contributed by atoms with Gasteiger partial charge in [0.15, 0.2) is 6.61 Å². The van der Waals surface area contributed by atoms with Gasteiger partial charge in [-0.05, 0) is 43.2 Å². The molecule has 1 aliphatic carbocycles. The summed E-state index contributed by atoms with van der Waals surface area (Å²) < 4.78 is 5.40. The summed E-state index contributed by atoms with van der Waals surface area (Å²) in [7, 11) is 0. The first-order valence-electron chi connectivity index (χ1n) is 9.09. The van der Waals surface area contributed by atoms with Crippen molar-refractivity contribution in [1.29, 1.82) is 0 Å². The third kappa shape index (κ3) is 3.36. The summed E-state index contributed by atoms with van der Waals surface area (Å²) in [4.78, 5) is 28.3. The average Bonchev–Trinajstić information content (AvgIpc) is 3.44. The number of carbonyl (C=O) groups is 2. The third-order valence-corrected chi connectivity index (χ3v) is 5.63. The molecule has 0 saturated heterocycles. The summed E-state index contributed by atoms with van der Waals surface area (Å²) in [5.41, 5.74) is 4.15. The summed E-state index contributed by atoms with van der Waals surface area (Å²) >= 11 is 1.54. The highest BCUT2D eigenvalue weighted by Gasteiger charge is 2.29. The molecule has 28 heavy (non-hydrogen) atoms. The van der Waals surface area contributed by atoms with Crippen LogP contribution in [0.5, 0.6) is 5.75 Å². The van der Waals surface area contributed by atoms with Crippen molar-refractivity contribution in [3.8, 4) is 27.6 Å². The second-order valence-electron chi connectivity index (χ2n) is 6.93. The minimum Gasteiger partial charge on any atom is -0.482 e. The largest absolute Gasteiger partial charge is 0.482 e. The Morgan fingerprint density at radius 2 is 2.07 bits per heavy atom. The zero-order valence-corrected chi connectivity index (χ0v) is 15.7. The molecule has 1 fully saturated rings. The average molecular weight is 391 g/mol. The summed E-state index contributed by atoms with van der Waals surface area (Å²) in [6.07, 6.45) is 1.96. The number of anilines is 2. The molecule has 1 saturated carbocycles. The number of hydrogen-bond donors (Lipinski definition) is 2. The minimum atomic E-state index is -0.159. The van der Waals surface area contributed by atoms with Crippen molar-refractivity contribution < 1.29 is 14.3 Å². The number of hydrogen-bond acceptors (Lipinski definition) is 5. The van der Waals surface area contributed by atoms with Crippen molar-refractivity contribution in [2.75, 3.05) is 17.2 Å². The fraction of sp³-hybridized carbons (Fsp3) is 0.190. The number of thiazole rings is 1. The van der Waals surface area contributed by atoms with Crippen LogP contribution in [0.15, 0.2) is 47.8 Å². The first-order chi connectivity index (χ1) is 13.7. The lowest BCUT2D eigenvalue weighted by Gasteiger charge is -2.18. The van der Waals surface area contributed by atoms with Gasteiger partial charge in [0.2, 0.25) is 5.91 Å². The number of amides is 2. The number of fused-ring (bicyclic) bond motifs is 1. The van der Waals surface area contributed by atoms with Crippen LogP contribution in [-0.4, -0.2) is 23.4 Å². The van der Waals surface area contributed by atoms with E-state index in [1.165, 1.54) is 11.3 Å². The summed E-state index contributed by atoms with van der Waals surface area (Å²) in [5.74, 6) is 0.769. The van der Waals surface area contributed by atoms with Crippen molar-refractivity contribution in [3.63, 3.8) is 0 Å². The topological polar surface area (TPSA) is 80.3 Å². The number of nitrogens with zero attached hydrogens (tertiary/aromatic N) is 1. The van der Waals surface area contributed by atoms with Gasteiger partial charge in [-0.15, -0.1) is 11.3 Å². The van der Waals surface area contributed by atoms with Crippen LogP contribution in [0.3, 0.4) is 0 Å². The molecule has 0 bridgehead atoms. The van der Waals surface area contributed by atoms with E-state index < -0.39 is 0 Å². The highest BCUT2D eigenvalue weighted by Crippen LogP contribution is 2.35. The minimum absolute atomic E-state index is 0.0425. The van der Waals surface area contributed by atoms with Gasteiger partial charge in [-0.25, -0.2) is 4.98 Å². The summed E-state index contributed by atoms with van der Waals surface area (Å²) in [6, 6.07) is 13.4. The lowest BCUT2D eigenvalue weighted by Crippen LogP contribution is -2.25. The molecular formula is C21H17N3O3S. The zero-order valence-electron chi connectivity index (χ0n) is 14.9. The van der Waals surface area contributed by atoms with Crippen LogP contribution in [-0.2, 0) is 9.59 Å². The Bertz CT molecular complexity index is 1090. The number of carbonyl (C=O) groups excluding carboxylic acids is 2. The van der Waals surface area contributed by atoms with Gasteiger partial charge in [0.1, 0.15) is 10.8 Å². The predicted octanol–water partition coefficient (Wildman–Crippen LogP) is 4.16. The SMILES string of the molecule is O=C1COc2ccc(-c3csc(-c4cccc(NC(=O)C5CC5)c4)n3)cc2N1. The van der Waals surface area contributed by atoms with E-state index in [1.807, 2.05) is 47.8 Å². The van der Waals surface area contributed by atoms with Crippen LogP contribution in [0.2, 0.25) is 0 Å². The lowest BCUT2D eigenvalue weighted by molar-refractivity contribution is -0.119. The maximum absolute atomic E-state index is 12.0. The van der Waals surface area contributed by atoms with E-state index in [-0.39, 0.29) is 24.3 Å². The van der Waals surface area contributed by atoms with E-state index >= 15 is 0 Å². The first kappa shape index (κ1) is 16.9. The molecule has 2 aliphatic rings. The van der Waals surface area contributed by atoms with E-state index in [0.717, 1.165) is 40.4 Å². The molecule has 2 amide bonds. The Morgan fingerprint density at radius 3 is 2.93 bits per heavy atom. The van der Waals surface area contributed by atoms with Crippen molar-refractivity contribution in [2.24, 2.45) is 5.92 Å². The molecule has 6 nitrogen and oxygen atoms in total. The van der Waals surface area contributed by atoms with E-state index in [2.05, 4.69) is 10.6 Å². The second-order valence-corrected chi connectivity index (χ2v) is 7.79. The Kier molecular flexibility index (Phi) is 4.09. The Labute approximate surface area is 165 Å². The summed E-state index contributed by atoms with van der Waals surface area (Å²) in [5, 5.41) is 8.65. The van der Waals surface area contributed by atoms with Gasteiger partial charge in [-0.3, -0.25) is 9.59 Å². The van der Waals surface area contributed by atoms with Crippen LogP contribution in [0.4, 0.5) is 11.4 Å². The Hall–Kier alpha value is -3.19. The van der Waals surface area contributed by atoms with Gasteiger partial charge < -0.3 is 15.4 Å². The standard InChI is InChI=1S/C21H17N3O3S/c25-19-10-27-18-7-6-13(9-16(18)23-19)17-11-28-21(24-17)14-2-1-3-15(8-14)22-20(26)12-4-5-12/h1-3,6-9,11-12H,4-5,10H2,(H,22,26)(H,23,25). The van der Waals surface area contributed by atoms with Crippen LogP contribution in [0.25, 0.3) is 21.8 Å². The van der Waals surface area contributed by atoms with Gasteiger partial charge in [-0.1, -0.05) is 12.1 Å². The van der Waals surface area contributed by atoms with Crippen molar-refractivity contribution >= 4 is 34.5 Å². The van der Waals surface area contributed by atoms with Gasteiger partial charge in [0.05, 0.1) is 11.4 Å². The fourth-order valence-electron chi connectivity index (χ4n) is 3.10. The quantitative estimate of drug-likeness (QED) is 0.700. The molecule has 0 atom stereocenters. The van der Waals surface area contributed by atoms with Gasteiger partial charge in [0, 0.05) is 28.1 Å². The molecule has 2 aromatic carbocycles. The predicted molar refractivity (Wildman–Crippen MR) is 108 cm³/mol. The lowest BCUT2D eigenvalue weighted by atomic mass is 10.1. The molecule has 1 aromatic heterocycles. The molecule has 0 unspecified atom stereocenters. The van der Waals surface area contributed by atoms with Crippen LogP contribution >= 0.6 is 11.3 Å². The van der Waals surface area contributed by atoms with E-state index in [4.69, 9.17) is 9.72 Å². The highest BCUT2D eigenvalue weighted by atomic mass is 32.1. The van der Waals surface area contributed by atoms with E-state index in [9.17, 15) is 9.59 Å². The van der Waals surface area contributed by atoms with Gasteiger partial charge >= 0.3 is 0 Å². The van der Waals surface area contributed by atoms with Crippen molar-refractivity contribution in [1.82, 2.24) is 4.98 Å². The van der Waals surface area contributed by atoms with Crippen molar-refractivity contribution in [2.45, 2.75) is 12.8 Å². The van der Waals surface area contributed by atoms with Crippen molar-refractivity contribution in [3.05, 3.63) is 47.8 Å². The van der Waals surface area contributed by atoms with Gasteiger partial charge in [-0.2, -0.15) is 0 Å². The first-order valence-corrected chi connectivity index (χ1v) is 9.97. The molecule has 5 rings (SSSR count). The maximum Gasteiger partial charge on any atom is 0.262 e. The molecule has 0 spiro atoms. The molecule has 2 N–H and O–H groups in total. The zero-order chi connectivity index (χ0) is 19.1. The third-order valence-electron chi connectivity index (χ3n) is 4.74. The highest BCUT2D eigenvalue weighted by molar-refractivity contribution is 7.13. The molecule has 7 heteroatoms. The maximum atomic E-state index is 12.0. The van der Waals surface area contributed by atoms with E-state index in [0.29, 0.717) is 11.4 Å².